The Morgan fingerprint density at radius 1 is 1.11 bits per heavy atom. The number of fused-ring (bicyclic) bond motifs is 1. The molecule has 1 heterocycles. The van der Waals surface area contributed by atoms with E-state index in [0.717, 1.165) is 60.3 Å². The number of methoxy groups -OCH3 is 2. The topological polar surface area (TPSA) is 100 Å². The first-order valence-corrected chi connectivity index (χ1v) is 12.7. The molecule has 0 saturated heterocycles. The molecule has 2 aliphatic rings. The number of ether oxygens (including phenoxy) is 2. The van der Waals surface area contributed by atoms with Crippen molar-refractivity contribution in [2.24, 2.45) is 5.92 Å². The van der Waals surface area contributed by atoms with Crippen molar-refractivity contribution in [1.82, 2.24) is 0 Å². The summed E-state index contributed by atoms with van der Waals surface area (Å²) in [6, 6.07) is 13.7. The second-order valence-electron chi connectivity index (χ2n) is 9.78. The Morgan fingerprint density at radius 2 is 1.89 bits per heavy atom. The fourth-order valence-corrected chi connectivity index (χ4v) is 5.46. The maximum atomic E-state index is 13.1. The van der Waals surface area contributed by atoms with Gasteiger partial charge >= 0.3 is 5.97 Å². The molecule has 4 rings (SSSR count). The molecule has 2 aromatic carbocycles. The van der Waals surface area contributed by atoms with Crippen LogP contribution in [0, 0.1) is 5.92 Å². The molecule has 8 nitrogen and oxygen atoms in total. The molecule has 0 aromatic heterocycles. The van der Waals surface area contributed by atoms with Crippen molar-refractivity contribution in [2.45, 2.75) is 70.4 Å². The molecular weight excluding hydrogens is 458 g/mol. The van der Waals surface area contributed by atoms with Gasteiger partial charge in [-0.15, -0.1) is 0 Å². The van der Waals surface area contributed by atoms with Gasteiger partial charge in [0.15, 0.2) is 0 Å². The lowest BCUT2D eigenvalue weighted by Gasteiger charge is -2.40. The molecule has 194 valence electrons. The zero-order valence-electron chi connectivity index (χ0n) is 21.3. The summed E-state index contributed by atoms with van der Waals surface area (Å²) >= 11 is 0. The van der Waals surface area contributed by atoms with Gasteiger partial charge in [-0.25, -0.2) is 0 Å². The molecule has 0 spiro atoms. The summed E-state index contributed by atoms with van der Waals surface area (Å²) in [5, 5.41) is 17.3. The number of aliphatic hydroxyl groups excluding tert-OH is 1. The molecule has 1 fully saturated rings. The van der Waals surface area contributed by atoms with Crippen LogP contribution in [0.4, 0.5) is 17.1 Å². The van der Waals surface area contributed by atoms with Crippen LogP contribution < -0.4 is 15.5 Å². The third kappa shape index (κ3) is 5.82. The summed E-state index contributed by atoms with van der Waals surface area (Å²) in [5.74, 6) is -0.393. The van der Waals surface area contributed by atoms with Crippen molar-refractivity contribution in [1.29, 1.82) is 0 Å². The van der Waals surface area contributed by atoms with Gasteiger partial charge in [-0.2, -0.15) is 0 Å². The van der Waals surface area contributed by atoms with Gasteiger partial charge in [0, 0.05) is 30.4 Å². The number of amides is 1. The Morgan fingerprint density at radius 3 is 2.61 bits per heavy atom. The van der Waals surface area contributed by atoms with Gasteiger partial charge < -0.3 is 30.1 Å². The molecule has 0 bridgehead atoms. The third-order valence-corrected chi connectivity index (χ3v) is 7.34. The monoisotopic (exact) mass is 495 g/mol. The Hall–Kier alpha value is -3.10. The molecule has 1 saturated carbocycles. The first-order valence-electron chi connectivity index (χ1n) is 12.7. The highest BCUT2D eigenvalue weighted by Crippen LogP contribution is 2.41. The van der Waals surface area contributed by atoms with E-state index in [0.29, 0.717) is 6.42 Å². The van der Waals surface area contributed by atoms with Gasteiger partial charge in [0.05, 0.1) is 30.8 Å². The SMILES string of the molecule is COC(=O)[C@H]1CCC[C@H](Nc2ccc3c(c2NC(=O)Cc2ccccc2)CC[C@H](C)N3C(O)OC)C1. The average molecular weight is 496 g/mol. The number of rotatable bonds is 8. The Bertz CT molecular complexity index is 1060. The predicted molar refractivity (Wildman–Crippen MR) is 140 cm³/mol. The number of hydrogen-bond donors (Lipinski definition) is 3. The molecule has 1 aliphatic carbocycles. The van der Waals surface area contributed by atoms with Crippen LogP contribution in [0.3, 0.4) is 0 Å². The van der Waals surface area contributed by atoms with Crippen molar-refractivity contribution in [3.8, 4) is 0 Å². The Balaban J connectivity index is 1.65. The Kier molecular flexibility index (Phi) is 8.48. The molecule has 8 heteroatoms. The lowest BCUT2D eigenvalue weighted by Crippen LogP contribution is -2.46. The lowest BCUT2D eigenvalue weighted by molar-refractivity contribution is -0.146. The van der Waals surface area contributed by atoms with Gasteiger partial charge in [-0.1, -0.05) is 36.8 Å². The van der Waals surface area contributed by atoms with Crippen LogP contribution in [0.1, 0.15) is 50.2 Å². The summed E-state index contributed by atoms with van der Waals surface area (Å²) < 4.78 is 10.2. The van der Waals surface area contributed by atoms with Crippen LogP contribution in [0.15, 0.2) is 42.5 Å². The zero-order valence-corrected chi connectivity index (χ0v) is 21.3. The maximum absolute atomic E-state index is 13.1. The highest BCUT2D eigenvalue weighted by molar-refractivity contribution is 5.98. The van der Waals surface area contributed by atoms with Gasteiger partial charge in [-0.05, 0) is 56.7 Å². The molecule has 4 atom stereocenters. The van der Waals surface area contributed by atoms with Gasteiger partial charge in [0.25, 0.3) is 0 Å². The van der Waals surface area contributed by atoms with E-state index in [9.17, 15) is 14.7 Å². The highest BCUT2D eigenvalue weighted by Gasteiger charge is 2.32. The third-order valence-electron chi connectivity index (χ3n) is 7.34. The van der Waals surface area contributed by atoms with E-state index in [4.69, 9.17) is 9.47 Å². The van der Waals surface area contributed by atoms with Crippen LogP contribution in [0.5, 0.6) is 0 Å². The smallest absolute Gasteiger partial charge is 0.308 e. The fourth-order valence-electron chi connectivity index (χ4n) is 5.46. The number of aliphatic hydroxyl groups is 1. The fraction of sp³-hybridized carbons (Fsp3) is 0.500. The van der Waals surface area contributed by atoms with E-state index in [2.05, 4.69) is 17.6 Å². The largest absolute Gasteiger partial charge is 0.469 e. The minimum absolute atomic E-state index is 0.0817. The highest BCUT2D eigenvalue weighted by atomic mass is 16.6. The molecule has 36 heavy (non-hydrogen) atoms. The minimum atomic E-state index is -1.08. The summed E-state index contributed by atoms with van der Waals surface area (Å²) in [6.45, 7) is 2.06. The summed E-state index contributed by atoms with van der Waals surface area (Å²) in [7, 11) is 2.91. The lowest BCUT2D eigenvalue weighted by atomic mass is 9.85. The molecular formula is C28H37N3O5. The number of benzene rings is 2. The van der Waals surface area contributed by atoms with Gasteiger partial charge in [0.2, 0.25) is 12.3 Å². The van der Waals surface area contributed by atoms with Crippen LogP contribution in [-0.4, -0.2) is 49.7 Å². The van der Waals surface area contributed by atoms with E-state index >= 15 is 0 Å². The number of esters is 1. The van der Waals surface area contributed by atoms with Crippen molar-refractivity contribution in [2.75, 3.05) is 29.8 Å². The van der Waals surface area contributed by atoms with Gasteiger partial charge in [0.1, 0.15) is 0 Å². The molecule has 2 aromatic rings. The molecule has 0 radical (unpaired) electrons. The number of carbonyl (C=O) groups is 2. The van der Waals surface area contributed by atoms with Crippen LogP contribution in [0.25, 0.3) is 0 Å². The van der Waals surface area contributed by atoms with E-state index in [1.165, 1.54) is 14.2 Å². The van der Waals surface area contributed by atoms with Crippen LogP contribution in [0.2, 0.25) is 0 Å². The van der Waals surface area contributed by atoms with E-state index in [1.54, 1.807) is 0 Å². The first kappa shape index (κ1) is 26.0. The first-order chi connectivity index (χ1) is 17.4. The summed E-state index contributed by atoms with van der Waals surface area (Å²) in [4.78, 5) is 27.1. The minimum Gasteiger partial charge on any atom is -0.469 e. The summed E-state index contributed by atoms with van der Waals surface area (Å²) in [5.41, 5.74) is 4.31. The van der Waals surface area contributed by atoms with Gasteiger partial charge in [-0.3, -0.25) is 9.59 Å². The summed E-state index contributed by atoms with van der Waals surface area (Å²) in [6.07, 6.45) is 4.14. The Labute approximate surface area is 213 Å². The molecule has 1 aliphatic heterocycles. The quantitative estimate of drug-likeness (QED) is 0.375. The van der Waals surface area contributed by atoms with E-state index < -0.39 is 6.41 Å². The standard InChI is InChI=1S/C28H37N3O5/c1-18-12-13-22-24(31(18)28(34)36-3)15-14-23(29-21-11-7-10-20(17-21)27(33)35-2)26(22)30-25(32)16-19-8-5-4-6-9-19/h4-6,8-9,14-15,18,20-21,28-29,34H,7,10-13,16-17H2,1-3H3,(H,30,32)/t18-,20-,21-,28?/m0/s1. The van der Waals surface area contributed by atoms with E-state index in [1.807, 2.05) is 47.4 Å². The van der Waals surface area contributed by atoms with Crippen molar-refractivity contribution >= 4 is 28.9 Å². The maximum Gasteiger partial charge on any atom is 0.308 e. The second kappa shape index (κ2) is 11.8. The zero-order chi connectivity index (χ0) is 25.7. The van der Waals surface area contributed by atoms with Crippen LogP contribution >= 0.6 is 0 Å². The second-order valence-corrected chi connectivity index (χ2v) is 9.78. The van der Waals surface area contributed by atoms with Crippen LogP contribution in [-0.2, 0) is 31.9 Å². The number of hydrogen-bond acceptors (Lipinski definition) is 7. The van der Waals surface area contributed by atoms with Crippen molar-refractivity contribution in [3.05, 3.63) is 53.6 Å². The normalized spacial score (nSPS) is 22.3. The average Bonchev–Trinajstić information content (AvgIpc) is 2.89. The van der Waals surface area contributed by atoms with Crippen molar-refractivity contribution < 1.29 is 24.2 Å². The number of carbonyl (C=O) groups excluding carboxylic acids is 2. The van der Waals surface area contributed by atoms with E-state index in [-0.39, 0.29) is 36.3 Å². The molecule has 1 unspecified atom stereocenters. The molecule has 3 N–H and O–H groups in total. The predicted octanol–water partition coefficient (Wildman–Crippen LogP) is 4.07. The number of anilines is 3. The number of nitrogens with zero attached hydrogens (tertiary/aromatic N) is 1. The molecule has 1 amide bonds. The number of nitrogens with one attached hydrogen (secondary N) is 2. The van der Waals surface area contributed by atoms with Crippen molar-refractivity contribution in [3.63, 3.8) is 0 Å².